The quantitative estimate of drug-likeness (QED) is 0.758. The van der Waals surface area contributed by atoms with Gasteiger partial charge in [-0.15, -0.1) is 0 Å². The fourth-order valence-electron chi connectivity index (χ4n) is 3.10. The Labute approximate surface area is 162 Å². The van der Waals surface area contributed by atoms with E-state index < -0.39 is 17.7 Å². The highest BCUT2D eigenvalue weighted by Gasteiger charge is 2.22. The SMILES string of the molecule is CC(c1ccc(F)c(F)c1)N(C)C(=O)COc1ccc(N2CCCC2=O)cc1. The van der Waals surface area contributed by atoms with Crippen molar-refractivity contribution in [2.24, 2.45) is 0 Å². The second-order valence-electron chi connectivity index (χ2n) is 6.79. The van der Waals surface area contributed by atoms with Crippen molar-refractivity contribution in [3.8, 4) is 5.75 Å². The average molecular weight is 388 g/mol. The zero-order valence-electron chi connectivity index (χ0n) is 15.8. The Morgan fingerprint density at radius 3 is 2.50 bits per heavy atom. The Bertz CT molecular complexity index is 870. The van der Waals surface area contributed by atoms with E-state index in [1.807, 2.05) is 0 Å². The molecular formula is C21H22F2N2O3. The number of rotatable bonds is 6. The van der Waals surface area contributed by atoms with E-state index >= 15 is 0 Å². The molecule has 28 heavy (non-hydrogen) atoms. The number of hydrogen-bond donors (Lipinski definition) is 0. The van der Waals surface area contributed by atoms with Crippen LogP contribution in [0.5, 0.6) is 5.75 Å². The summed E-state index contributed by atoms with van der Waals surface area (Å²) in [6, 6.07) is 10.2. The van der Waals surface area contributed by atoms with Gasteiger partial charge in [-0.25, -0.2) is 8.78 Å². The molecule has 0 saturated carbocycles. The van der Waals surface area contributed by atoms with E-state index in [2.05, 4.69) is 0 Å². The molecule has 1 fully saturated rings. The van der Waals surface area contributed by atoms with E-state index in [1.165, 1.54) is 11.0 Å². The van der Waals surface area contributed by atoms with Gasteiger partial charge in [-0.3, -0.25) is 9.59 Å². The van der Waals surface area contributed by atoms with E-state index in [1.54, 1.807) is 43.1 Å². The number of hydrogen-bond acceptors (Lipinski definition) is 3. The van der Waals surface area contributed by atoms with E-state index in [4.69, 9.17) is 4.74 Å². The molecule has 0 radical (unpaired) electrons. The highest BCUT2D eigenvalue weighted by atomic mass is 19.2. The second-order valence-corrected chi connectivity index (χ2v) is 6.79. The molecule has 1 atom stereocenters. The van der Waals surface area contributed by atoms with Gasteiger partial charge in [-0.2, -0.15) is 0 Å². The van der Waals surface area contributed by atoms with Crippen LogP contribution in [0.15, 0.2) is 42.5 Å². The van der Waals surface area contributed by atoms with Crippen LogP contribution in [0.1, 0.15) is 31.4 Å². The van der Waals surface area contributed by atoms with Gasteiger partial charge >= 0.3 is 0 Å². The number of amides is 2. The summed E-state index contributed by atoms with van der Waals surface area (Å²) in [5.74, 6) is -1.55. The molecule has 2 aromatic rings. The minimum absolute atomic E-state index is 0.108. The zero-order chi connectivity index (χ0) is 20.3. The molecule has 1 aliphatic heterocycles. The first-order chi connectivity index (χ1) is 13.4. The molecule has 148 valence electrons. The largest absolute Gasteiger partial charge is 0.484 e. The summed E-state index contributed by atoms with van der Waals surface area (Å²) < 4.78 is 32.0. The fraction of sp³-hybridized carbons (Fsp3) is 0.333. The predicted molar refractivity (Wildman–Crippen MR) is 101 cm³/mol. The van der Waals surface area contributed by atoms with Crippen LogP contribution >= 0.6 is 0 Å². The number of likely N-dealkylation sites (N-methyl/N-ethyl adjacent to an activating group) is 1. The molecule has 0 spiro atoms. The number of benzene rings is 2. The molecule has 5 nitrogen and oxygen atoms in total. The van der Waals surface area contributed by atoms with Gasteiger partial charge in [0.25, 0.3) is 5.91 Å². The zero-order valence-corrected chi connectivity index (χ0v) is 15.8. The van der Waals surface area contributed by atoms with Crippen LogP contribution in [-0.2, 0) is 9.59 Å². The minimum atomic E-state index is -0.946. The van der Waals surface area contributed by atoms with Gasteiger partial charge in [0.2, 0.25) is 5.91 Å². The summed E-state index contributed by atoms with van der Waals surface area (Å²) in [6.45, 7) is 2.25. The number of carbonyl (C=O) groups excluding carboxylic acids is 2. The van der Waals surface area contributed by atoms with Crippen molar-refractivity contribution in [3.63, 3.8) is 0 Å². The molecular weight excluding hydrogens is 366 g/mol. The Morgan fingerprint density at radius 1 is 1.18 bits per heavy atom. The van der Waals surface area contributed by atoms with Crippen LogP contribution < -0.4 is 9.64 Å². The molecule has 1 heterocycles. The molecule has 1 aliphatic rings. The predicted octanol–water partition coefficient (Wildman–Crippen LogP) is 3.69. The lowest BCUT2D eigenvalue weighted by atomic mass is 10.1. The van der Waals surface area contributed by atoms with Gasteiger partial charge < -0.3 is 14.5 Å². The average Bonchev–Trinajstić information content (AvgIpc) is 3.13. The second kappa shape index (κ2) is 8.37. The first-order valence-corrected chi connectivity index (χ1v) is 9.10. The maximum Gasteiger partial charge on any atom is 0.260 e. The smallest absolute Gasteiger partial charge is 0.260 e. The third-order valence-electron chi connectivity index (χ3n) is 4.98. The lowest BCUT2D eigenvalue weighted by Gasteiger charge is -2.25. The number of nitrogens with zero attached hydrogens (tertiary/aromatic N) is 2. The number of halogens is 2. The van der Waals surface area contributed by atoms with Crippen molar-refractivity contribution >= 4 is 17.5 Å². The van der Waals surface area contributed by atoms with Crippen molar-refractivity contribution in [1.29, 1.82) is 0 Å². The summed E-state index contributed by atoms with van der Waals surface area (Å²) in [5, 5.41) is 0. The van der Waals surface area contributed by atoms with E-state index in [0.717, 1.165) is 24.2 Å². The number of carbonyl (C=O) groups is 2. The number of anilines is 1. The molecule has 2 aromatic carbocycles. The lowest BCUT2D eigenvalue weighted by Crippen LogP contribution is -2.33. The van der Waals surface area contributed by atoms with Crippen molar-refractivity contribution in [1.82, 2.24) is 4.90 Å². The fourth-order valence-corrected chi connectivity index (χ4v) is 3.10. The van der Waals surface area contributed by atoms with Gasteiger partial charge in [-0.05, 0) is 55.3 Å². The van der Waals surface area contributed by atoms with Crippen LogP contribution in [0.4, 0.5) is 14.5 Å². The lowest BCUT2D eigenvalue weighted by molar-refractivity contribution is -0.134. The summed E-state index contributed by atoms with van der Waals surface area (Å²) >= 11 is 0. The third kappa shape index (κ3) is 4.30. The standard InChI is InChI=1S/C21H22F2N2O3/c1-14(15-5-10-18(22)19(23)12-15)24(2)21(27)13-28-17-8-6-16(7-9-17)25-11-3-4-20(25)26/h5-10,12,14H,3-4,11,13H2,1-2H3. The first kappa shape index (κ1) is 19.8. The minimum Gasteiger partial charge on any atom is -0.484 e. The van der Waals surface area contributed by atoms with Crippen LogP contribution in [0.2, 0.25) is 0 Å². The van der Waals surface area contributed by atoms with Crippen LogP contribution in [-0.4, -0.2) is 36.9 Å². The van der Waals surface area contributed by atoms with Crippen molar-refractivity contribution in [2.75, 3.05) is 25.1 Å². The molecule has 0 bridgehead atoms. The maximum absolute atomic E-state index is 13.4. The van der Waals surface area contributed by atoms with Crippen LogP contribution in [0.25, 0.3) is 0 Å². The van der Waals surface area contributed by atoms with Gasteiger partial charge in [0, 0.05) is 25.7 Å². The summed E-state index contributed by atoms with van der Waals surface area (Å²) in [6.07, 6.45) is 1.42. The molecule has 0 aliphatic carbocycles. The first-order valence-electron chi connectivity index (χ1n) is 9.10. The molecule has 1 saturated heterocycles. The monoisotopic (exact) mass is 388 g/mol. The van der Waals surface area contributed by atoms with E-state index in [0.29, 0.717) is 24.3 Å². The summed E-state index contributed by atoms with van der Waals surface area (Å²) in [4.78, 5) is 27.3. The van der Waals surface area contributed by atoms with Crippen molar-refractivity contribution in [2.45, 2.75) is 25.8 Å². The highest BCUT2D eigenvalue weighted by Crippen LogP contribution is 2.24. The third-order valence-corrected chi connectivity index (χ3v) is 4.98. The van der Waals surface area contributed by atoms with Crippen molar-refractivity contribution in [3.05, 3.63) is 59.7 Å². The molecule has 1 unspecified atom stereocenters. The van der Waals surface area contributed by atoms with Gasteiger partial charge in [0.05, 0.1) is 6.04 Å². The topological polar surface area (TPSA) is 49.9 Å². The number of ether oxygens (including phenoxy) is 1. The Hall–Kier alpha value is -2.96. The molecule has 3 rings (SSSR count). The van der Waals surface area contributed by atoms with Crippen molar-refractivity contribution < 1.29 is 23.1 Å². The van der Waals surface area contributed by atoms with Crippen LogP contribution in [0, 0.1) is 11.6 Å². The van der Waals surface area contributed by atoms with Crippen LogP contribution in [0.3, 0.4) is 0 Å². The highest BCUT2D eigenvalue weighted by molar-refractivity contribution is 5.95. The molecule has 7 heteroatoms. The molecule has 2 amide bonds. The van der Waals surface area contributed by atoms with E-state index in [-0.39, 0.29) is 18.4 Å². The van der Waals surface area contributed by atoms with Gasteiger partial charge in [0.15, 0.2) is 18.2 Å². The van der Waals surface area contributed by atoms with Gasteiger partial charge in [-0.1, -0.05) is 6.07 Å². The Balaban J connectivity index is 1.56. The Kier molecular flexibility index (Phi) is 5.92. The molecule has 0 aromatic heterocycles. The Morgan fingerprint density at radius 2 is 1.89 bits per heavy atom. The van der Waals surface area contributed by atoms with Gasteiger partial charge in [0.1, 0.15) is 5.75 Å². The maximum atomic E-state index is 13.4. The normalized spacial score (nSPS) is 14.9. The van der Waals surface area contributed by atoms with E-state index in [9.17, 15) is 18.4 Å². The molecule has 0 N–H and O–H groups in total. The summed E-state index contributed by atoms with van der Waals surface area (Å²) in [7, 11) is 1.58. The summed E-state index contributed by atoms with van der Waals surface area (Å²) in [5.41, 5.74) is 1.31.